The molecule has 3 saturated carbocycles. The number of carbonyl (C=O) groups excluding carboxylic acids is 1. The van der Waals surface area contributed by atoms with Crippen molar-refractivity contribution in [1.29, 1.82) is 0 Å². The van der Waals surface area contributed by atoms with Crippen LogP contribution >= 0.6 is 23.2 Å². The van der Waals surface area contributed by atoms with Gasteiger partial charge in [-0.3, -0.25) is 4.79 Å². The van der Waals surface area contributed by atoms with Crippen LogP contribution < -0.4 is 10.1 Å². The third-order valence-electron chi connectivity index (χ3n) is 7.26. The summed E-state index contributed by atoms with van der Waals surface area (Å²) in [7, 11) is 0. The fourth-order valence-electron chi connectivity index (χ4n) is 5.28. The van der Waals surface area contributed by atoms with E-state index < -0.39 is 28.7 Å². The number of aromatic nitrogens is 2. The van der Waals surface area contributed by atoms with Crippen molar-refractivity contribution in [3.8, 4) is 17.0 Å². The minimum atomic E-state index is -0.725. The number of rotatable bonds is 6. The normalized spacial score (nSPS) is 25.5. The van der Waals surface area contributed by atoms with Gasteiger partial charge in [-0.2, -0.15) is 0 Å². The molecule has 1 heterocycles. The van der Waals surface area contributed by atoms with Gasteiger partial charge in [0.1, 0.15) is 23.2 Å². The molecular weight excluding hydrogens is 499 g/mol. The summed E-state index contributed by atoms with van der Waals surface area (Å²) < 4.78 is 32.9. The fraction of sp³-hybridized carbons (Fsp3) is 0.360. The van der Waals surface area contributed by atoms with Gasteiger partial charge in [-0.15, -0.1) is 0 Å². The van der Waals surface area contributed by atoms with Crippen molar-refractivity contribution in [3.63, 3.8) is 0 Å². The molecule has 35 heavy (non-hydrogen) atoms. The van der Waals surface area contributed by atoms with E-state index >= 15 is 0 Å². The Balaban J connectivity index is 1.24. The third-order valence-corrected chi connectivity index (χ3v) is 7.88. The Kier molecular flexibility index (Phi) is 6.23. The number of aliphatic hydroxyl groups excluding tert-OH is 1. The molecule has 6 nitrogen and oxygen atoms in total. The van der Waals surface area contributed by atoms with Crippen LogP contribution in [-0.2, 0) is 10.2 Å². The number of benzene rings is 2. The van der Waals surface area contributed by atoms with Crippen LogP contribution in [0.2, 0.25) is 10.0 Å². The van der Waals surface area contributed by atoms with Gasteiger partial charge in [0, 0.05) is 17.2 Å². The first-order valence-electron chi connectivity index (χ1n) is 11.3. The summed E-state index contributed by atoms with van der Waals surface area (Å²) in [6.45, 7) is -0.275. The lowest BCUT2D eigenvalue weighted by Crippen LogP contribution is -2.64. The number of hydrogen-bond acceptors (Lipinski definition) is 4. The Hall–Kier alpha value is -2.68. The Labute approximate surface area is 210 Å². The number of amides is 1. The number of aliphatic hydroxyl groups is 1. The van der Waals surface area contributed by atoms with Crippen LogP contribution in [0.5, 0.6) is 5.75 Å². The van der Waals surface area contributed by atoms with Crippen LogP contribution in [0.1, 0.15) is 37.9 Å². The van der Waals surface area contributed by atoms with E-state index in [0.717, 1.165) is 6.07 Å². The number of fused-ring (bicyclic) bond motifs is 3. The highest BCUT2D eigenvalue weighted by Crippen LogP contribution is 2.53. The van der Waals surface area contributed by atoms with E-state index in [9.17, 15) is 18.7 Å². The fourth-order valence-corrected chi connectivity index (χ4v) is 5.52. The van der Waals surface area contributed by atoms with E-state index in [0.29, 0.717) is 49.2 Å². The highest BCUT2D eigenvalue weighted by Gasteiger charge is 2.56. The van der Waals surface area contributed by atoms with E-state index in [4.69, 9.17) is 27.9 Å². The van der Waals surface area contributed by atoms with E-state index in [1.54, 1.807) is 12.3 Å². The first-order chi connectivity index (χ1) is 16.7. The predicted octanol–water partition coefficient (Wildman–Crippen LogP) is 5.17. The zero-order valence-corrected chi connectivity index (χ0v) is 20.1. The maximum absolute atomic E-state index is 13.9. The molecule has 0 aliphatic heterocycles. The molecule has 0 radical (unpaired) electrons. The predicted molar refractivity (Wildman–Crippen MR) is 128 cm³/mol. The Morgan fingerprint density at radius 1 is 1.11 bits per heavy atom. The molecule has 6 rings (SSSR count). The molecule has 0 unspecified atom stereocenters. The average Bonchev–Trinajstić information content (AvgIpc) is 3.33. The van der Waals surface area contributed by atoms with E-state index in [1.165, 1.54) is 24.3 Å². The van der Waals surface area contributed by atoms with Gasteiger partial charge in [0.05, 0.1) is 33.5 Å². The van der Waals surface area contributed by atoms with E-state index in [-0.39, 0.29) is 28.3 Å². The molecule has 3 N–H and O–H groups in total. The summed E-state index contributed by atoms with van der Waals surface area (Å²) in [5, 5.41) is 14.2. The number of aromatic amines is 1. The highest BCUT2D eigenvalue weighted by molar-refractivity contribution is 6.31. The molecule has 10 heteroatoms. The van der Waals surface area contributed by atoms with Crippen molar-refractivity contribution in [2.24, 2.45) is 0 Å². The summed E-state index contributed by atoms with van der Waals surface area (Å²) in [5.74, 6) is -0.612. The molecule has 1 atom stereocenters. The largest absolute Gasteiger partial charge is 0.484 e. The summed E-state index contributed by atoms with van der Waals surface area (Å²) in [5.41, 5.74) is 0.156. The van der Waals surface area contributed by atoms with Gasteiger partial charge in [-0.1, -0.05) is 29.3 Å². The van der Waals surface area contributed by atoms with Crippen molar-refractivity contribution in [1.82, 2.24) is 15.3 Å². The van der Waals surface area contributed by atoms with Gasteiger partial charge in [0.25, 0.3) is 5.91 Å². The Morgan fingerprint density at radius 3 is 2.46 bits per heavy atom. The molecule has 3 aliphatic rings. The smallest absolute Gasteiger partial charge is 0.258 e. The lowest BCUT2D eigenvalue weighted by atomic mass is 9.55. The number of hydrogen-bond donors (Lipinski definition) is 3. The SMILES string of the molecule is O=C(COc1ccc(Cl)c(F)c1)NC12CCC(c3ncc(-c4ccc(Cl)c(F)c4)[nH]3)(CC1)[C@@H](O)C2. The molecule has 1 aromatic heterocycles. The van der Waals surface area contributed by atoms with Crippen molar-refractivity contribution >= 4 is 29.1 Å². The molecule has 184 valence electrons. The van der Waals surface area contributed by atoms with Crippen LogP contribution in [0.4, 0.5) is 8.78 Å². The molecule has 0 saturated heterocycles. The van der Waals surface area contributed by atoms with Crippen LogP contribution in [0.15, 0.2) is 42.6 Å². The first kappa shape index (κ1) is 24.0. The van der Waals surface area contributed by atoms with Gasteiger partial charge in [-0.25, -0.2) is 13.8 Å². The minimum absolute atomic E-state index is 0.0217. The molecule has 0 spiro atoms. The number of nitrogens with zero attached hydrogens (tertiary/aromatic N) is 1. The number of imidazole rings is 1. The van der Waals surface area contributed by atoms with Gasteiger partial charge < -0.3 is 20.1 Å². The van der Waals surface area contributed by atoms with Gasteiger partial charge in [0.15, 0.2) is 6.61 Å². The number of nitrogens with one attached hydrogen (secondary N) is 2. The minimum Gasteiger partial charge on any atom is -0.484 e. The second-order valence-corrected chi connectivity index (χ2v) is 10.2. The van der Waals surface area contributed by atoms with E-state index in [1.807, 2.05) is 0 Å². The van der Waals surface area contributed by atoms with Gasteiger partial charge in [0.2, 0.25) is 0 Å². The van der Waals surface area contributed by atoms with Crippen LogP contribution in [-0.4, -0.2) is 39.2 Å². The maximum atomic E-state index is 13.9. The average molecular weight is 522 g/mol. The van der Waals surface area contributed by atoms with Gasteiger partial charge >= 0.3 is 0 Å². The summed E-state index contributed by atoms with van der Waals surface area (Å²) >= 11 is 11.5. The lowest BCUT2D eigenvalue weighted by Gasteiger charge is -2.55. The number of carbonyl (C=O) groups is 1. The van der Waals surface area contributed by atoms with Crippen LogP contribution in [0.25, 0.3) is 11.3 Å². The summed E-state index contributed by atoms with van der Waals surface area (Å²) in [4.78, 5) is 20.4. The molecule has 3 fully saturated rings. The lowest BCUT2D eigenvalue weighted by molar-refractivity contribution is -0.129. The second kappa shape index (κ2) is 9.08. The van der Waals surface area contributed by atoms with Crippen molar-refractivity contribution in [2.75, 3.05) is 6.61 Å². The van der Waals surface area contributed by atoms with Crippen molar-refractivity contribution < 1.29 is 23.4 Å². The summed E-state index contributed by atoms with van der Waals surface area (Å²) in [6.07, 6.45) is 3.86. The third kappa shape index (κ3) is 4.50. The second-order valence-electron chi connectivity index (χ2n) is 9.34. The molecular formula is C25H23Cl2F2N3O3. The first-order valence-corrected chi connectivity index (χ1v) is 12.0. The molecule has 3 aliphatic carbocycles. The van der Waals surface area contributed by atoms with Crippen molar-refractivity contribution in [2.45, 2.75) is 49.2 Å². The van der Waals surface area contributed by atoms with Crippen molar-refractivity contribution in [3.05, 3.63) is 70.1 Å². The molecule has 3 aromatic rings. The number of H-pyrrole nitrogens is 1. The van der Waals surface area contributed by atoms with Crippen LogP contribution in [0, 0.1) is 11.6 Å². The van der Waals surface area contributed by atoms with E-state index in [2.05, 4.69) is 15.3 Å². The maximum Gasteiger partial charge on any atom is 0.258 e. The molecule has 1 amide bonds. The monoisotopic (exact) mass is 521 g/mol. The topological polar surface area (TPSA) is 87.2 Å². The summed E-state index contributed by atoms with van der Waals surface area (Å²) in [6, 6.07) is 8.53. The zero-order valence-electron chi connectivity index (χ0n) is 18.6. The standard InChI is InChI=1S/C25H23Cl2F2N3O3/c26-16-3-1-14(9-18(16)28)20-12-30-23(31-20)25-7-5-24(6-8-25,11-21(25)33)32-22(34)13-35-15-2-4-17(27)19(29)10-15/h1-4,9-10,12,21,33H,5-8,11,13H2,(H,30,31)(H,32,34)/t21-,24?,25?/m0/s1. The Morgan fingerprint density at radius 2 is 1.80 bits per heavy atom. The number of halogens is 4. The zero-order chi connectivity index (χ0) is 24.8. The highest BCUT2D eigenvalue weighted by atomic mass is 35.5. The molecule has 2 aromatic carbocycles. The van der Waals surface area contributed by atoms with Gasteiger partial charge in [-0.05, 0) is 56.4 Å². The molecule has 2 bridgehead atoms. The van der Waals surface area contributed by atoms with Crippen LogP contribution in [0.3, 0.4) is 0 Å². The quantitative estimate of drug-likeness (QED) is 0.417. The number of ether oxygens (including phenoxy) is 1. The Bertz CT molecular complexity index is 1270.